The van der Waals surface area contributed by atoms with Gasteiger partial charge in [-0.25, -0.2) is 8.78 Å². The average molecular weight is 227 g/mol. The van der Waals surface area contributed by atoms with E-state index in [4.69, 9.17) is 0 Å². The normalized spacial score (nSPS) is 10.6. The Morgan fingerprint density at radius 1 is 1.25 bits per heavy atom. The zero-order valence-electron chi connectivity index (χ0n) is 9.39. The van der Waals surface area contributed by atoms with Crippen LogP contribution in [0.1, 0.15) is 19.4 Å². The standard InChI is InChI=1S/C12H15F2NO/c1-8(2)12(16)15-4-3-9-5-10(13)7-11(14)6-9/h5-8H,3-4H2,1-2H3,(H,15,16). The fourth-order valence-electron chi connectivity index (χ4n) is 1.29. The van der Waals surface area contributed by atoms with Crippen LogP contribution in [0.25, 0.3) is 0 Å². The lowest BCUT2D eigenvalue weighted by atomic mass is 10.1. The van der Waals surface area contributed by atoms with Crippen molar-refractivity contribution in [1.82, 2.24) is 5.32 Å². The van der Waals surface area contributed by atoms with Gasteiger partial charge in [-0.3, -0.25) is 4.79 Å². The van der Waals surface area contributed by atoms with E-state index in [-0.39, 0.29) is 11.8 Å². The van der Waals surface area contributed by atoms with E-state index in [2.05, 4.69) is 5.32 Å². The number of carbonyl (C=O) groups excluding carboxylic acids is 1. The molecule has 0 aromatic heterocycles. The lowest BCUT2D eigenvalue weighted by molar-refractivity contribution is -0.123. The Kier molecular flexibility index (Phi) is 4.40. The van der Waals surface area contributed by atoms with E-state index < -0.39 is 11.6 Å². The summed E-state index contributed by atoms with van der Waals surface area (Å²) in [6, 6.07) is 3.37. The number of amides is 1. The molecule has 0 bridgehead atoms. The summed E-state index contributed by atoms with van der Waals surface area (Å²) in [6.07, 6.45) is 0.424. The van der Waals surface area contributed by atoms with Crippen molar-refractivity contribution < 1.29 is 13.6 Å². The van der Waals surface area contributed by atoms with Crippen molar-refractivity contribution in [3.8, 4) is 0 Å². The molecule has 0 aliphatic carbocycles. The lowest BCUT2D eigenvalue weighted by Crippen LogP contribution is -2.29. The first-order valence-corrected chi connectivity index (χ1v) is 5.21. The van der Waals surface area contributed by atoms with Crippen molar-refractivity contribution in [3.05, 3.63) is 35.4 Å². The fraction of sp³-hybridized carbons (Fsp3) is 0.417. The quantitative estimate of drug-likeness (QED) is 0.840. The molecule has 0 aliphatic rings. The number of carbonyl (C=O) groups is 1. The predicted molar refractivity (Wildman–Crippen MR) is 57.9 cm³/mol. The summed E-state index contributed by atoms with van der Waals surface area (Å²) >= 11 is 0. The maximum Gasteiger partial charge on any atom is 0.222 e. The third kappa shape index (κ3) is 3.96. The molecule has 0 unspecified atom stereocenters. The second-order valence-corrected chi connectivity index (χ2v) is 3.97. The van der Waals surface area contributed by atoms with Gasteiger partial charge in [0.15, 0.2) is 0 Å². The van der Waals surface area contributed by atoms with Gasteiger partial charge in [-0.15, -0.1) is 0 Å². The molecule has 4 heteroatoms. The van der Waals surface area contributed by atoms with Crippen LogP contribution in [0.2, 0.25) is 0 Å². The summed E-state index contributed by atoms with van der Waals surface area (Å²) in [5, 5.41) is 2.69. The van der Waals surface area contributed by atoms with Crippen LogP contribution in [0, 0.1) is 17.6 Å². The van der Waals surface area contributed by atoms with Gasteiger partial charge >= 0.3 is 0 Å². The van der Waals surface area contributed by atoms with Crippen molar-refractivity contribution in [2.45, 2.75) is 20.3 Å². The van der Waals surface area contributed by atoms with E-state index >= 15 is 0 Å². The Labute approximate surface area is 93.7 Å². The van der Waals surface area contributed by atoms with Crippen LogP contribution in [0.5, 0.6) is 0 Å². The molecule has 0 spiro atoms. The van der Waals surface area contributed by atoms with Gasteiger partial charge in [0.1, 0.15) is 11.6 Å². The van der Waals surface area contributed by atoms with Crippen molar-refractivity contribution in [2.24, 2.45) is 5.92 Å². The van der Waals surface area contributed by atoms with E-state index in [0.29, 0.717) is 18.5 Å². The number of halogens is 2. The number of rotatable bonds is 4. The molecule has 0 radical (unpaired) electrons. The molecule has 0 saturated carbocycles. The Hall–Kier alpha value is -1.45. The van der Waals surface area contributed by atoms with Crippen LogP contribution < -0.4 is 5.32 Å². The number of nitrogens with one attached hydrogen (secondary N) is 1. The van der Waals surface area contributed by atoms with Gasteiger partial charge in [0.2, 0.25) is 5.91 Å². The summed E-state index contributed by atoms with van der Waals surface area (Å²) in [5.74, 6) is -1.32. The molecule has 0 aliphatic heterocycles. The SMILES string of the molecule is CC(C)C(=O)NCCc1cc(F)cc(F)c1. The summed E-state index contributed by atoms with van der Waals surface area (Å²) in [4.78, 5) is 11.2. The molecule has 1 amide bonds. The molecular formula is C12H15F2NO. The maximum atomic E-state index is 12.8. The zero-order valence-corrected chi connectivity index (χ0v) is 9.39. The Morgan fingerprint density at radius 2 is 1.81 bits per heavy atom. The van der Waals surface area contributed by atoms with E-state index in [0.717, 1.165) is 6.07 Å². The molecule has 0 saturated heterocycles. The van der Waals surface area contributed by atoms with Crippen LogP contribution in [0.4, 0.5) is 8.78 Å². The first-order valence-electron chi connectivity index (χ1n) is 5.21. The van der Waals surface area contributed by atoms with Crippen molar-refractivity contribution in [3.63, 3.8) is 0 Å². The molecule has 0 fully saturated rings. The monoisotopic (exact) mass is 227 g/mol. The predicted octanol–water partition coefficient (Wildman–Crippen LogP) is 2.28. The van der Waals surface area contributed by atoms with Crippen LogP contribution in [0.3, 0.4) is 0 Å². The van der Waals surface area contributed by atoms with Gasteiger partial charge in [-0.2, -0.15) is 0 Å². The number of hydrogen-bond acceptors (Lipinski definition) is 1. The Balaban J connectivity index is 2.46. The first kappa shape index (κ1) is 12.6. The van der Waals surface area contributed by atoms with Gasteiger partial charge < -0.3 is 5.32 Å². The molecular weight excluding hydrogens is 212 g/mol. The maximum absolute atomic E-state index is 12.8. The largest absolute Gasteiger partial charge is 0.356 e. The van der Waals surface area contributed by atoms with Gasteiger partial charge in [0.05, 0.1) is 0 Å². The molecule has 1 aromatic rings. The molecule has 1 N–H and O–H groups in total. The average Bonchev–Trinajstić information content (AvgIpc) is 2.15. The third-order valence-electron chi connectivity index (χ3n) is 2.16. The first-order chi connectivity index (χ1) is 7.49. The highest BCUT2D eigenvalue weighted by Gasteiger charge is 2.06. The summed E-state index contributed by atoms with van der Waals surface area (Å²) in [5.41, 5.74) is 0.543. The molecule has 2 nitrogen and oxygen atoms in total. The molecule has 16 heavy (non-hydrogen) atoms. The van der Waals surface area contributed by atoms with Crippen LogP contribution in [-0.4, -0.2) is 12.5 Å². The molecule has 88 valence electrons. The summed E-state index contributed by atoms with van der Waals surface area (Å²) in [6.45, 7) is 3.97. The van der Waals surface area contributed by atoms with E-state index in [1.54, 1.807) is 13.8 Å². The van der Waals surface area contributed by atoms with Gasteiger partial charge in [-0.1, -0.05) is 13.8 Å². The Bertz CT molecular complexity index is 357. The second kappa shape index (κ2) is 5.58. The molecule has 1 aromatic carbocycles. The van der Waals surface area contributed by atoms with Crippen LogP contribution in [-0.2, 0) is 11.2 Å². The number of benzene rings is 1. The lowest BCUT2D eigenvalue weighted by Gasteiger charge is -2.07. The van der Waals surface area contributed by atoms with E-state index in [9.17, 15) is 13.6 Å². The topological polar surface area (TPSA) is 29.1 Å². The van der Waals surface area contributed by atoms with E-state index in [1.165, 1.54) is 12.1 Å². The minimum Gasteiger partial charge on any atom is -0.356 e. The van der Waals surface area contributed by atoms with E-state index in [1.807, 2.05) is 0 Å². The van der Waals surface area contributed by atoms with Crippen molar-refractivity contribution in [2.75, 3.05) is 6.54 Å². The van der Waals surface area contributed by atoms with Gasteiger partial charge in [0.25, 0.3) is 0 Å². The van der Waals surface area contributed by atoms with Crippen LogP contribution in [0.15, 0.2) is 18.2 Å². The minimum atomic E-state index is -0.592. The smallest absolute Gasteiger partial charge is 0.222 e. The third-order valence-corrected chi connectivity index (χ3v) is 2.16. The highest BCUT2D eigenvalue weighted by atomic mass is 19.1. The van der Waals surface area contributed by atoms with Crippen LogP contribution >= 0.6 is 0 Å². The minimum absolute atomic E-state index is 0.0584. The highest BCUT2D eigenvalue weighted by Crippen LogP contribution is 2.08. The van der Waals surface area contributed by atoms with Crippen molar-refractivity contribution in [1.29, 1.82) is 0 Å². The fourth-order valence-corrected chi connectivity index (χ4v) is 1.29. The molecule has 0 heterocycles. The van der Waals surface area contributed by atoms with Gasteiger partial charge in [-0.05, 0) is 24.1 Å². The number of hydrogen-bond donors (Lipinski definition) is 1. The summed E-state index contributed by atoms with van der Waals surface area (Å²) < 4.78 is 25.6. The zero-order chi connectivity index (χ0) is 12.1. The highest BCUT2D eigenvalue weighted by molar-refractivity contribution is 5.77. The second-order valence-electron chi connectivity index (χ2n) is 3.97. The molecule has 0 atom stereocenters. The summed E-state index contributed by atoms with van der Waals surface area (Å²) in [7, 11) is 0. The molecule has 1 rings (SSSR count). The van der Waals surface area contributed by atoms with Crippen molar-refractivity contribution >= 4 is 5.91 Å². The Morgan fingerprint density at radius 3 is 2.31 bits per heavy atom. The van der Waals surface area contributed by atoms with Gasteiger partial charge in [0, 0.05) is 18.5 Å².